The zero-order chi connectivity index (χ0) is 11.7. The maximum Gasteiger partial charge on any atom is 0.407 e. The summed E-state index contributed by atoms with van der Waals surface area (Å²) >= 11 is 0. The summed E-state index contributed by atoms with van der Waals surface area (Å²) in [6, 6.07) is 0.400. The van der Waals surface area contributed by atoms with Gasteiger partial charge in [0.25, 0.3) is 0 Å². The predicted molar refractivity (Wildman–Crippen MR) is 59.6 cm³/mol. The van der Waals surface area contributed by atoms with Crippen molar-refractivity contribution in [1.82, 2.24) is 14.5 Å². The van der Waals surface area contributed by atoms with Crippen molar-refractivity contribution in [3.8, 4) is 0 Å². The topological polar surface area (TPSA) is 58.4 Å². The van der Waals surface area contributed by atoms with Crippen LogP contribution in [0.2, 0.25) is 0 Å². The van der Waals surface area contributed by atoms with Crippen LogP contribution in [0.3, 0.4) is 0 Å². The first kappa shape index (κ1) is 11.0. The third-order valence-corrected chi connectivity index (χ3v) is 3.17. The molecule has 0 bridgehead atoms. The minimum Gasteiger partial charge on any atom is -0.465 e. The van der Waals surface area contributed by atoms with E-state index < -0.39 is 6.09 Å². The quantitative estimate of drug-likeness (QED) is 0.790. The smallest absolute Gasteiger partial charge is 0.407 e. The van der Waals surface area contributed by atoms with Gasteiger partial charge in [0, 0.05) is 25.3 Å². The van der Waals surface area contributed by atoms with E-state index >= 15 is 0 Å². The zero-order valence-corrected chi connectivity index (χ0v) is 9.68. The minimum absolute atomic E-state index is 0.400. The number of carboxylic acid groups (broad SMARTS) is 1. The van der Waals surface area contributed by atoms with Crippen LogP contribution in [0, 0.1) is 13.8 Å². The first-order chi connectivity index (χ1) is 7.58. The van der Waals surface area contributed by atoms with Crippen LogP contribution in [-0.2, 0) is 0 Å². The number of rotatable bonds is 1. The predicted octanol–water partition coefficient (Wildman–Crippen LogP) is 1.81. The van der Waals surface area contributed by atoms with E-state index in [1.807, 2.05) is 13.8 Å². The van der Waals surface area contributed by atoms with E-state index in [9.17, 15) is 4.79 Å². The molecular formula is C11H17N3O2. The summed E-state index contributed by atoms with van der Waals surface area (Å²) in [7, 11) is 0. The molecule has 1 amide bonds. The van der Waals surface area contributed by atoms with Gasteiger partial charge in [0.1, 0.15) is 5.82 Å². The van der Waals surface area contributed by atoms with Gasteiger partial charge in [0.05, 0.1) is 5.69 Å². The maximum absolute atomic E-state index is 10.8. The molecule has 1 aromatic rings. The Morgan fingerprint density at radius 2 is 2.06 bits per heavy atom. The Hall–Kier alpha value is -1.52. The van der Waals surface area contributed by atoms with Gasteiger partial charge in [-0.2, -0.15) is 0 Å². The number of aryl methyl sites for hydroxylation is 2. The molecule has 88 valence electrons. The molecule has 1 fully saturated rings. The number of nitrogens with zero attached hydrogens (tertiary/aromatic N) is 3. The van der Waals surface area contributed by atoms with Crippen LogP contribution < -0.4 is 0 Å². The molecule has 1 saturated heterocycles. The zero-order valence-electron chi connectivity index (χ0n) is 9.68. The Bertz CT molecular complexity index is 392. The maximum atomic E-state index is 10.8. The van der Waals surface area contributed by atoms with Crippen molar-refractivity contribution in [2.75, 3.05) is 13.1 Å². The number of likely N-dealkylation sites (tertiary alicyclic amines) is 1. The third kappa shape index (κ3) is 2.03. The normalized spacial score (nSPS) is 17.8. The van der Waals surface area contributed by atoms with Crippen LogP contribution >= 0.6 is 0 Å². The van der Waals surface area contributed by atoms with Crippen LogP contribution in [0.5, 0.6) is 0 Å². The van der Waals surface area contributed by atoms with Gasteiger partial charge in [-0.3, -0.25) is 0 Å². The molecule has 2 rings (SSSR count). The Balaban J connectivity index is 2.04. The van der Waals surface area contributed by atoms with Gasteiger partial charge in [0.2, 0.25) is 0 Å². The number of piperidine rings is 1. The highest BCUT2D eigenvalue weighted by atomic mass is 16.4. The van der Waals surface area contributed by atoms with Crippen molar-refractivity contribution in [3.63, 3.8) is 0 Å². The number of hydrogen-bond donors (Lipinski definition) is 1. The lowest BCUT2D eigenvalue weighted by Crippen LogP contribution is -2.38. The second kappa shape index (κ2) is 4.15. The van der Waals surface area contributed by atoms with Crippen molar-refractivity contribution < 1.29 is 9.90 Å². The molecule has 0 radical (unpaired) electrons. The van der Waals surface area contributed by atoms with E-state index in [4.69, 9.17) is 5.11 Å². The lowest BCUT2D eigenvalue weighted by molar-refractivity contribution is 0.125. The molecular weight excluding hydrogens is 206 g/mol. The number of aromatic nitrogens is 2. The Morgan fingerprint density at radius 3 is 2.50 bits per heavy atom. The highest BCUT2D eigenvalue weighted by molar-refractivity contribution is 5.64. The molecule has 0 aliphatic carbocycles. The van der Waals surface area contributed by atoms with Crippen molar-refractivity contribution in [1.29, 1.82) is 0 Å². The van der Waals surface area contributed by atoms with Gasteiger partial charge in [-0.15, -0.1) is 0 Å². The van der Waals surface area contributed by atoms with Crippen LogP contribution in [0.4, 0.5) is 4.79 Å². The number of carbonyl (C=O) groups is 1. The fraction of sp³-hybridized carbons (Fsp3) is 0.636. The summed E-state index contributed by atoms with van der Waals surface area (Å²) in [5, 5.41) is 8.86. The largest absolute Gasteiger partial charge is 0.465 e. The summed E-state index contributed by atoms with van der Waals surface area (Å²) in [6.45, 7) is 5.22. The van der Waals surface area contributed by atoms with E-state index in [0.717, 1.165) is 24.4 Å². The van der Waals surface area contributed by atoms with E-state index in [2.05, 4.69) is 15.7 Å². The van der Waals surface area contributed by atoms with E-state index in [1.165, 1.54) is 4.90 Å². The van der Waals surface area contributed by atoms with Gasteiger partial charge in [-0.1, -0.05) is 0 Å². The minimum atomic E-state index is -0.808. The first-order valence-corrected chi connectivity index (χ1v) is 5.58. The molecule has 1 aliphatic rings. The Labute approximate surface area is 94.7 Å². The van der Waals surface area contributed by atoms with Crippen molar-refractivity contribution >= 4 is 6.09 Å². The summed E-state index contributed by atoms with van der Waals surface area (Å²) < 4.78 is 2.18. The molecule has 0 saturated carbocycles. The average Bonchev–Trinajstić information content (AvgIpc) is 2.58. The SMILES string of the molecule is Cc1cn(C2CCN(C(=O)O)CC2)c(C)n1. The molecule has 0 aromatic carbocycles. The van der Waals surface area contributed by atoms with E-state index in [1.54, 1.807) is 0 Å². The van der Waals surface area contributed by atoms with Gasteiger partial charge < -0.3 is 14.6 Å². The fourth-order valence-corrected chi connectivity index (χ4v) is 2.34. The Morgan fingerprint density at radius 1 is 1.44 bits per heavy atom. The van der Waals surface area contributed by atoms with E-state index in [0.29, 0.717) is 19.1 Å². The van der Waals surface area contributed by atoms with Gasteiger partial charge in [0.15, 0.2) is 0 Å². The highest BCUT2D eigenvalue weighted by Crippen LogP contribution is 2.24. The van der Waals surface area contributed by atoms with Crippen LogP contribution in [0.1, 0.15) is 30.4 Å². The molecule has 16 heavy (non-hydrogen) atoms. The average molecular weight is 223 g/mol. The van der Waals surface area contributed by atoms with Crippen LogP contribution in [0.25, 0.3) is 0 Å². The summed E-state index contributed by atoms with van der Waals surface area (Å²) in [4.78, 5) is 16.6. The molecule has 1 aromatic heterocycles. The Kier molecular flexibility index (Phi) is 2.85. The molecule has 1 aliphatic heterocycles. The van der Waals surface area contributed by atoms with E-state index in [-0.39, 0.29) is 0 Å². The third-order valence-electron chi connectivity index (χ3n) is 3.17. The second-order valence-electron chi connectivity index (χ2n) is 4.34. The molecule has 0 spiro atoms. The van der Waals surface area contributed by atoms with Gasteiger partial charge >= 0.3 is 6.09 Å². The molecule has 1 N–H and O–H groups in total. The first-order valence-electron chi connectivity index (χ1n) is 5.58. The monoisotopic (exact) mass is 223 g/mol. The molecule has 5 heteroatoms. The summed E-state index contributed by atoms with van der Waals surface area (Å²) in [5.41, 5.74) is 1.03. The fourth-order valence-electron chi connectivity index (χ4n) is 2.34. The lowest BCUT2D eigenvalue weighted by atomic mass is 10.1. The lowest BCUT2D eigenvalue weighted by Gasteiger charge is -2.31. The number of hydrogen-bond acceptors (Lipinski definition) is 2. The molecule has 2 heterocycles. The summed E-state index contributed by atoms with van der Waals surface area (Å²) in [5.74, 6) is 1.02. The van der Waals surface area contributed by atoms with Gasteiger partial charge in [-0.25, -0.2) is 9.78 Å². The van der Waals surface area contributed by atoms with Crippen molar-refractivity contribution in [3.05, 3.63) is 17.7 Å². The van der Waals surface area contributed by atoms with Gasteiger partial charge in [-0.05, 0) is 26.7 Å². The summed E-state index contributed by atoms with van der Waals surface area (Å²) in [6.07, 6.45) is 3.00. The van der Waals surface area contributed by atoms with Crippen LogP contribution in [-0.4, -0.2) is 38.7 Å². The number of amides is 1. The molecule has 0 unspecified atom stereocenters. The van der Waals surface area contributed by atoms with Crippen LogP contribution in [0.15, 0.2) is 6.20 Å². The molecule has 5 nitrogen and oxygen atoms in total. The number of imidazole rings is 1. The highest BCUT2D eigenvalue weighted by Gasteiger charge is 2.24. The van der Waals surface area contributed by atoms with Crippen molar-refractivity contribution in [2.24, 2.45) is 0 Å². The standard InChI is InChI=1S/C11H17N3O2/c1-8-7-14(9(2)12-8)10-3-5-13(6-4-10)11(15)16/h7,10H,3-6H2,1-2H3,(H,15,16). The molecule has 0 atom stereocenters. The van der Waals surface area contributed by atoms with Crippen molar-refractivity contribution in [2.45, 2.75) is 32.7 Å². The second-order valence-corrected chi connectivity index (χ2v) is 4.34.